The number of hydrogen-bond donors (Lipinski definition) is 0. The first kappa shape index (κ1) is 17.9. The summed E-state index contributed by atoms with van der Waals surface area (Å²) in [6.45, 7) is 5.55. The summed E-state index contributed by atoms with van der Waals surface area (Å²) in [6, 6.07) is 5.43. The lowest BCUT2D eigenvalue weighted by atomic mass is 10.1. The van der Waals surface area contributed by atoms with Gasteiger partial charge in [0, 0.05) is 23.2 Å². The number of carbonyl (C=O) groups excluding carboxylic acids is 1. The predicted octanol–water partition coefficient (Wildman–Crippen LogP) is 4.28. The summed E-state index contributed by atoms with van der Waals surface area (Å²) >= 11 is 1.63. The maximum atomic E-state index is 12.0. The first-order chi connectivity index (χ1) is 12.1. The Morgan fingerprint density at radius 1 is 1.40 bits per heavy atom. The standard InChI is InChI=1S/C19H23NO4S/c1-12(2)17-10-20-18(25-17)13-7-14(19(21)22-3)9-16(8-13)24-11-15-5-4-6-23-15/h7-10,12,15H,4-6,11H2,1-3H3/t15-/m1/s1. The Morgan fingerprint density at radius 3 is 2.88 bits per heavy atom. The van der Waals surface area contributed by atoms with E-state index in [1.54, 1.807) is 23.5 Å². The van der Waals surface area contributed by atoms with Gasteiger partial charge < -0.3 is 14.2 Å². The normalized spacial score (nSPS) is 17.0. The number of esters is 1. The lowest BCUT2D eigenvalue weighted by molar-refractivity contribution is 0.0598. The smallest absolute Gasteiger partial charge is 0.338 e. The van der Waals surface area contributed by atoms with Gasteiger partial charge in [0.15, 0.2) is 0 Å². The van der Waals surface area contributed by atoms with Gasteiger partial charge >= 0.3 is 5.97 Å². The van der Waals surface area contributed by atoms with Crippen LogP contribution in [-0.4, -0.2) is 37.4 Å². The van der Waals surface area contributed by atoms with Crippen LogP contribution in [0.3, 0.4) is 0 Å². The molecule has 0 saturated carbocycles. The molecule has 1 aromatic carbocycles. The van der Waals surface area contributed by atoms with Gasteiger partial charge in [0.05, 0.1) is 18.8 Å². The summed E-state index contributed by atoms with van der Waals surface area (Å²) in [5.41, 5.74) is 1.32. The maximum Gasteiger partial charge on any atom is 0.338 e. The van der Waals surface area contributed by atoms with Crippen LogP contribution in [0, 0.1) is 0 Å². The molecule has 1 fully saturated rings. The second-order valence-corrected chi connectivity index (χ2v) is 7.47. The first-order valence-corrected chi connectivity index (χ1v) is 9.32. The molecule has 0 aliphatic carbocycles. The van der Waals surface area contributed by atoms with E-state index in [0.29, 0.717) is 23.8 Å². The van der Waals surface area contributed by atoms with Crippen molar-refractivity contribution >= 4 is 17.3 Å². The quantitative estimate of drug-likeness (QED) is 0.719. The molecule has 0 radical (unpaired) electrons. The van der Waals surface area contributed by atoms with Crippen molar-refractivity contribution < 1.29 is 19.0 Å². The van der Waals surface area contributed by atoms with Crippen LogP contribution < -0.4 is 4.74 Å². The highest BCUT2D eigenvalue weighted by Crippen LogP contribution is 2.32. The van der Waals surface area contributed by atoms with Crippen LogP contribution in [0.15, 0.2) is 24.4 Å². The molecule has 134 valence electrons. The van der Waals surface area contributed by atoms with Crippen LogP contribution in [0.2, 0.25) is 0 Å². The molecule has 1 aliphatic heterocycles. The fourth-order valence-electron chi connectivity index (χ4n) is 2.69. The second-order valence-electron chi connectivity index (χ2n) is 6.41. The first-order valence-electron chi connectivity index (χ1n) is 8.50. The topological polar surface area (TPSA) is 57.7 Å². The molecule has 25 heavy (non-hydrogen) atoms. The lowest BCUT2D eigenvalue weighted by Crippen LogP contribution is -2.16. The van der Waals surface area contributed by atoms with E-state index in [2.05, 4.69) is 18.8 Å². The van der Waals surface area contributed by atoms with Crippen LogP contribution in [0.25, 0.3) is 10.6 Å². The number of aromatic nitrogens is 1. The summed E-state index contributed by atoms with van der Waals surface area (Å²) in [7, 11) is 1.38. The summed E-state index contributed by atoms with van der Waals surface area (Å²) in [6.07, 6.45) is 4.09. The van der Waals surface area contributed by atoms with Gasteiger partial charge in [0.25, 0.3) is 0 Å². The SMILES string of the molecule is COC(=O)c1cc(OC[C@H]2CCCO2)cc(-c2ncc(C(C)C)s2)c1. The summed E-state index contributed by atoms with van der Waals surface area (Å²) in [5.74, 6) is 0.671. The van der Waals surface area contributed by atoms with Gasteiger partial charge in [0.2, 0.25) is 0 Å². The highest BCUT2D eigenvalue weighted by atomic mass is 32.1. The molecule has 0 amide bonds. The molecule has 6 heteroatoms. The summed E-state index contributed by atoms with van der Waals surface area (Å²) < 4.78 is 16.3. The Balaban J connectivity index is 1.87. The molecule has 3 rings (SSSR count). The van der Waals surface area contributed by atoms with Crippen molar-refractivity contribution in [3.8, 4) is 16.3 Å². The number of rotatable bonds is 6. The molecular formula is C19H23NO4S. The molecule has 1 aliphatic rings. The van der Waals surface area contributed by atoms with Gasteiger partial charge in [-0.05, 0) is 37.0 Å². The minimum Gasteiger partial charge on any atom is -0.491 e. The number of carbonyl (C=O) groups is 1. The zero-order valence-electron chi connectivity index (χ0n) is 14.8. The van der Waals surface area contributed by atoms with Crippen LogP contribution in [0.5, 0.6) is 5.75 Å². The van der Waals surface area contributed by atoms with E-state index in [1.165, 1.54) is 12.0 Å². The number of thiazole rings is 1. The van der Waals surface area contributed by atoms with Crippen LogP contribution in [0.1, 0.15) is 47.8 Å². The largest absolute Gasteiger partial charge is 0.491 e. The van der Waals surface area contributed by atoms with Crippen molar-refractivity contribution in [2.45, 2.75) is 38.7 Å². The number of ether oxygens (including phenoxy) is 3. The minimum absolute atomic E-state index is 0.123. The summed E-state index contributed by atoms with van der Waals surface area (Å²) in [5, 5.41) is 0.872. The molecule has 1 saturated heterocycles. The second kappa shape index (κ2) is 7.97. The van der Waals surface area contributed by atoms with Gasteiger partial charge in [-0.15, -0.1) is 11.3 Å². The highest BCUT2D eigenvalue weighted by molar-refractivity contribution is 7.15. The van der Waals surface area contributed by atoms with Crippen molar-refractivity contribution in [1.29, 1.82) is 0 Å². The molecular weight excluding hydrogens is 338 g/mol. The third kappa shape index (κ3) is 4.38. The highest BCUT2D eigenvalue weighted by Gasteiger charge is 2.18. The Morgan fingerprint density at radius 2 is 2.24 bits per heavy atom. The van der Waals surface area contributed by atoms with E-state index in [0.717, 1.165) is 30.0 Å². The van der Waals surface area contributed by atoms with Gasteiger partial charge in [-0.2, -0.15) is 0 Å². The Bertz CT molecular complexity index is 735. The molecule has 1 atom stereocenters. The number of benzene rings is 1. The van der Waals surface area contributed by atoms with E-state index < -0.39 is 0 Å². The van der Waals surface area contributed by atoms with E-state index in [1.807, 2.05) is 12.3 Å². The van der Waals surface area contributed by atoms with Gasteiger partial charge in [0.1, 0.15) is 17.4 Å². The van der Waals surface area contributed by atoms with E-state index in [9.17, 15) is 4.79 Å². The number of nitrogens with zero attached hydrogens (tertiary/aromatic N) is 1. The van der Waals surface area contributed by atoms with Crippen LogP contribution in [-0.2, 0) is 9.47 Å². The zero-order chi connectivity index (χ0) is 17.8. The van der Waals surface area contributed by atoms with Crippen LogP contribution in [0.4, 0.5) is 0 Å². The maximum absolute atomic E-state index is 12.0. The monoisotopic (exact) mass is 361 g/mol. The third-order valence-corrected chi connectivity index (χ3v) is 5.47. The van der Waals surface area contributed by atoms with Gasteiger partial charge in [-0.1, -0.05) is 13.8 Å². The summed E-state index contributed by atoms with van der Waals surface area (Å²) in [4.78, 5) is 17.7. The average Bonchev–Trinajstić information content (AvgIpc) is 3.30. The molecule has 5 nitrogen and oxygen atoms in total. The molecule has 0 unspecified atom stereocenters. The van der Waals surface area contributed by atoms with E-state index >= 15 is 0 Å². The molecule has 2 heterocycles. The Hall–Kier alpha value is -1.92. The molecule has 0 spiro atoms. The molecule has 1 aromatic heterocycles. The number of hydrogen-bond acceptors (Lipinski definition) is 6. The molecule has 0 N–H and O–H groups in total. The van der Waals surface area contributed by atoms with E-state index in [-0.39, 0.29) is 12.1 Å². The third-order valence-electron chi connectivity index (χ3n) is 4.13. The van der Waals surface area contributed by atoms with Crippen molar-refractivity contribution in [3.63, 3.8) is 0 Å². The van der Waals surface area contributed by atoms with Gasteiger partial charge in [-0.25, -0.2) is 9.78 Å². The predicted molar refractivity (Wildman–Crippen MR) is 97.4 cm³/mol. The average molecular weight is 361 g/mol. The minimum atomic E-state index is -0.385. The van der Waals surface area contributed by atoms with Crippen molar-refractivity contribution in [3.05, 3.63) is 34.8 Å². The Labute approximate surface area is 151 Å². The van der Waals surface area contributed by atoms with Crippen molar-refractivity contribution in [2.24, 2.45) is 0 Å². The number of methoxy groups -OCH3 is 1. The Kier molecular flexibility index (Phi) is 5.71. The lowest BCUT2D eigenvalue weighted by Gasteiger charge is -2.13. The van der Waals surface area contributed by atoms with Crippen LogP contribution >= 0.6 is 11.3 Å². The van der Waals surface area contributed by atoms with Crippen molar-refractivity contribution in [1.82, 2.24) is 4.98 Å². The fourth-order valence-corrected chi connectivity index (χ4v) is 3.60. The van der Waals surface area contributed by atoms with Crippen molar-refractivity contribution in [2.75, 3.05) is 20.3 Å². The van der Waals surface area contributed by atoms with E-state index in [4.69, 9.17) is 14.2 Å². The molecule has 2 aromatic rings. The zero-order valence-corrected chi connectivity index (χ0v) is 15.6. The fraction of sp³-hybridized carbons (Fsp3) is 0.474. The van der Waals surface area contributed by atoms with Gasteiger partial charge in [-0.3, -0.25) is 0 Å². The molecule has 0 bridgehead atoms.